The van der Waals surface area contributed by atoms with Crippen LogP contribution in [0.1, 0.15) is 47.8 Å². The second kappa shape index (κ2) is 9.91. The lowest BCUT2D eigenvalue weighted by Crippen LogP contribution is -2.47. The summed E-state index contributed by atoms with van der Waals surface area (Å²) in [5.41, 5.74) is 2.70. The minimum absolute atomic E-state index is 0.0686. The molecule has 3 aromatic carbocycles. The summed E-state index contributed by atoms with van der Waals surface area (Å²) < 4.78 is 5.47. The highest BCUT2D eigenvalue weighted by molar-refractivity contribution is 6.23. The van der Waals surface area contributed by atoms with E-state index in [2.05, 4.69) is 0 Å². The Morgan fingerprint density at radius 1 is 1.00 bits per heavy atom. The molecular weight excluding hydrogens is 428 g/mol. The maximum Gasteiger partial charge on any atom is 0.257 e. The predicted molar refractivity (Wildman–Crippen MR) is 131 cm³/mol. The number of aryl methyl sites for hydroxylation is 1. The predicted octanol–water partition coefficient (Wildman–Crippen LogP) is 4.93. The first kappa shape index (κ1) is 23.2. The van der Waals surface area contributed by atoms with Crippen molar-refractivity contribution < 1.29 is 19.1 Å². The third-order valence-electron chi connectivity index (χ3n) is 6.17. The van der Waals surface area contributed by atoms with Crippen LogP contribution < -0.4 is 9.64 Å². The van der Waals surface area contributed by atoms with Gasteiger partial charge in [-0.1, -0.05) is 48.5 Å². The van der Waals surface area contributed by atoms with E-state index >= 15 is 0 Å². The van der Waals surface area contributed by atoms with Gasteiger partial charge < -0.3 is 9.64 Å². The highest BCUT2D eigenvalue weighted by atomic mass is 16.5. The van der Waals surface area contributed by atoms with Crippen LogP contribution >= 0.6 is 0 Å². The Labute approximate surface area is 199 Å². The van der Waals surface area contributed by atoms with Crippen LogP contribution in [-0.4, -0.2) is 35.3 Å². The first-order valence-electron chi connectivity index (χ1n) is 11.4. The number of carbonyl (C=O) groups excluding carboxylic acids is 3. The van der Waals surface area contributed by atoms with Gasteiger partial charge in [0, 0.05) is 5.56 Å². The van der Waals surface area contributed by atoms with Gasteiger partial charge in [-0.3, -0.25) is 14.4 Å². The fraction of sp³-hybridized carbons (Fsp3) is 0.250. The van der Waals surface area contributed by atoms with Crippen LogP contribution in [0.4, 0.5) is 5.69 Å². The van der Waals surface area contributed by atoms with Gasteiger partial charge in [0.25, 0.3) is 11.8 Å². The quantitative estimate of drug-likeness (QED) is 0.473. The second-order valence-electron chi connectivity index (χ2n) is 8.33. The molecule has 0 N–H and O–H groups in total. The van der Waals surface area contributed by atoms with Gasteiger partial charge in [-0.25, -0.2) is 4.90 Å². The van der Waals surface area contributed by atoms with E-state index in [-0.39, 0.29) is 18.2 Å². The van der Waals surface area contributed by atoms with E-state index < -0.39 is 18.0 Å². The number of nitrogens with zero attached hydrogens (tertiary/aromatic N) is 2. The summed E-state index contributed by atoms with van der Waals surface area (Å²) in [6.45, 7) is 6.17. The van der Waals surface area contributed by atoms with Crippen LogP contribution in [0.5, 0.6) is 5.75 Å². The molecule has 0 bridgehead atoms. The van der Waals surface area contributed by atoms with Gasteiger partial charge in [-0.15, -0.1) is 0 Å². The van der Waals surface area contributed by atoms with Crippen molar-refractivity contribution in [2.75, 3.05) is 11.5 Å². The molecule has 1 fully saturated rings. The van der Waals surface area contributed by atoms with E-state index in [0.29, 0.717) is 23.6 Å². The van der Waals surface area contributed by atoms with Gasteiger partial charge in [-0.05, 0) is 62.2 Å². The Hall–Kier alpha value is -3.93. The molecule has 34 heavy (non-hydrogen) atoms. The summed E-state index contributed by atoms with van der Waals surface area (Å²) in [7, 11) is 0. The number of hydrogen-bond donors (Lipinski definition) is 0. The van der Waals surface area contributed by atoms with Crippen LogP contribution in [0, 0.1) is 6.92 Å². The number of ether oxygens (including phenoxy) is 1. The number of carbonyl (C=O) groups is 3. The molecule has 0 saturated carbocycles. The smallest absolute Gasteiger partial charge is 0.257 e. The molecule has 1 aliphatic heterocycles. The van der Waals surface area contributed by atoms with E-state index in [1.807, 2.05) is 63.2 Å². The third-order valence-corrected chi connectivity index (χ3v) is 6.17. The molecule has 2 atom stereocenters. The zero-order valence-electron chi connectivity index (χ0n) is 19.6. The van der Waals surface area contributed by atoms with Crippen molar-refractivity contribution in [1.29, 1.82) is 0 Å². The highest BCUT2D eigenvalue weighted by Gasteiger charge is 2.46. The second-order valence-corrected chi connectivity index (χ2v) is 8.33. The summed E-state index contributed by atoms with van der Waals surface area (Å²) in [5.74, 6) is -0.342. The summed E-state index contributed by atoms with van der Waals surface area (Å²) in [4.78, 5) is 43.2. The molecule has 1 heterocycles. The lowest BCUT2D eigenvalue weighted by atomic mass is 10.0. The van der Waals surface area contributed by atoms with Gasteiger partial charge in [-0.2, -0.15) is 0 Å². The molecule has 6 nitrogen and oxygen atoms in total. The molecule has 6 heteroatoms. The van der Waals surface area contributed by atoms with Gasteiger partial charge in [0.2, 0.25) is 5.91 Å². The molecule has 3 aromatic rings. The summed E-state index contributed by atoms with van der Waals surface area (Å²) in [6, 6.07) is 22.4. The lowest BCUT2D eigenvalue weighted by molar-refractivity contribution is -0.122. The van der Waals surface area contributed by atoms with Crippen molar-refractivity contribution in [3.8, 4) is 5.75 Å². The molecule has 4 rings (SSSR count). The van der Waals surface area contributed by atoms with E-state index in [0.717, 1.165) is 11.1 Å². The Bertz CT molecular complexity index is 1190. The minimum atomic E-state index is -0.901. The van der Waals surface area contributed by atoms with E-state index in [4.69, 9.17) is 4.74 Å². The van der Waals surface area contributed by atoms with Gasteiger partial charge in [0.1, 0.15) is 11.8 Å². The number of amides is 3. The number of imide groups is 1. The topological polar surface area (TPSA) is 66.9 Å². The van der Waals surface area contributed by atoms with Crippen LogP contribution in [-0.2, 0) is 9.59 Å². The van der Waals surface area contributed by atoms with Gasteiger partial charge >= 0.3 is 0 Å². The standard InChI is InChI=1S/C28H28N2O4/c1-4-34-23-16-14-22(15-17-23)30-26(31)18-25(28(30)33)29(20(3)21-11-6-5-7-12-21)27(32)24-13-9-8-10-19(24)2/h5-17,20,25H,4,18H2,1-3H3. The maximum absolute atomic E-state index is 13.8. The molecule has 174 valence electrons. The first-order chi connectivity index (χ1) is 16.4. The van der Waals surface area contributed by atoms with Crippen molar-refractivity contribution in [3.63, 3.8) is 0 Å². The molecule has 1 saturated heterocycles. The first-order valence-corrected chi connectivity index (χ1v) is 11.4. The van der Waals surface area contributed by atoms with Gasteiger partial charge in [0.05, 0.1) is 24.8 Å². The van der Waals surface area contributed by atoms with Crippen molar-refractivity contribution in [2.45, 2.75) is 39.3 Å². The number of anilines is 1. The van der Waals surface area contributed by atoms with Crippen LogP contribution in [0.3, 0.4) is 0 Å². The SMILES string of the molecule is CCOc1ccc(N2C(=O)CC(N(C(=O)c3ccccc3C)C(C)c3ccccc3)C2=O)cc1. The number of benzene rings is 3. The minimum Gasteiger partial charge on any atom is -0.494 e. The Balaban J connectivity index is 1.71. The van der Waals surface area contributed by atoms with E-state index in [1.165, 1.54) is 4.90 Å². The van der Waals surface area contributed by atoms with Crippen molar-refractivity contribution in [2.24, 2.45) is 0 Å². The summed E-state index contributed by atoms with van der Waals surface area (Å²) in [5, 5.41) is 0. The monoisotopic (exact) mass is 456 g/mol. The average Bonchev–Trinajstić information content (AvgIpc) is 3.14. The molecule has 0 radical (unpaired) electrons. The van der Waals surface area contributed by atoms with Crippen LogP contribution in [0.15, 0.2) is 78.9 Å². The van der Waals surface area contributed by atoms with E-state index in [9.17, 15) is 14.4 Å². The van der Waals surface area contributed by atoms with Crippen LogP contribution in [0.2, 0.25) is 0 Å². The maximum atomic E-state index is 13.8. The van der Waals surface area contributed by atoms with Crippen molar-refractivity contribution in [1.82, 2.24) is 4.90 Å². The zero-order valence-corrected chi connectivity index (χ0v) is 19.6. The van der Waals surface area contributed by atoms with Gasteiger partial charge in [0.15, 0.2) is 0 Å². The summed E-state index contributed by atoms with van der Waals surface area (Å²) >= 11 is 0. The summed E-state index contributed by atoms with van der Waals surface area (Å²) in [6.07, 6.45) is -0.0686. The number of hydrogen-bond acceptors (Lipinski definition) is 4. The Morgan fingerprint density at radius 2 is 1.65 bits per heavy atom. The van der Waals surface area contributed by atoms with Crippen molar-refractivity contribution >= 4 is 23.4 Å². The fourth-order valence-electron chi connectivity index (χ4n) is 4.39. The lowest BCUT2D eigenvalue weighted by Gasteiger charge is -2.34. The molecule has 1 aliphatic rings. The average molecular weight is 457 g/mol. The molecular formula is C28H28N2O4. The molecule has 0 aliphatic carbocycles. The molecule has 2 unspecified atom stereocenters. The van der Waals surface area contributed by atoms with Crippen LogP contribution in [0.25, 0.3) is 0 Å². The Morgan fingerprint density at radius 3 is 2.29 bits per heavy atom. The molecule has 3 amide bonds. The zero-order chi connectivity index (χ0) is 24.2. The van der Waals surface area contributed by atoms with E-state index in [1.54, 1.807) is 41.3 Å². The fourth-order valence-corrected chi connectivity index (χ4v) is 4.39. The molecule has 0 aromatic heterocycles. The number of rotatable bonds is 7. The van der Waals surface area contributed by atoms with Crippen molar-refractivity contribution in [3.05, 3.63) is 95.6 Å². The highest BCUT2D eigenvalue weighted by Crippen LogP contribution is 2.33. The largest absolute Gasteiger partial charge is 0.494 e. The third kappa shape index (κ3) is 4.44. The Kier molecular flexibility index (Phi) is 6.77. The molecule has 0 spiro atoms. The normalized spacial score (nSPS) is 16.4.